The monoisotopic (exact) mass is 552 g/mol. The van der Waals surface area contributed by atoms with E-state index < -0.39 is 12.0 Å². The average Bonchev–Trinajstić information content (AvgIpc) is 2.97. The number of halogens is 1. The Morgan fingerprint density at radius 1 is 0.923 bits per heavy atom. The molecular weight excluding hydrogens is 520 g/mol. The van der Waals surface area contributed by atoms with Gasteiger partial charge >= 0.3 is 0 Å². The van der Waals surface area contributed by atoms with Gasteiger partial charge in [-0.1, -0.05) is 35.9 Å². The van der Waals surface area contributed by atoms with E-state index in [9.17, 15) is 9.59 Å². The summed E-state index contributed by atoms with van der Waals surface area (Å²) in [6.45, 7) is 0.463. The number of rotatable bonds is 10. The van der Waals surface area contributed by atoms with Crippen molar-refractivity contribution in [3.05, 3.63) is 76.8 Å². The van der Waals surface area contributed by atoms with Crippen LogP contribution in [0, 0.1) is 5.92 Å². The van der Waals surface area contributed by atoms with E-state index in [-0.39, 0.29) is 18.2 Å². The highest BCUT2D eigenvalue weighted by atomic mass is 35.5. The number of ether oxygens (including phenoxy) is 4. The molecule has 0 radical (unpaired) electrons. The number of methoxy groups -OCH3 is 4. The SMILES string of the molecule is COc1ccc([C@@H]2[C@H](C(=O)NCCc3ccc(Cl)cc3)CCC(=O)N2c2cc(OC)c(OC)c(OC)c2)cc1. The van der Waals surface area contributed by atoms with Crippen molar-refractivity contribution in [2.24, 2.45) is 5.92 Å². The standard InChI is InChI=1S/C30H33ClN2O6/c1-36-23-11-7-20(8-12-23)28-24(30(35)32-16-15-19-5-9-21(31)10-6-19)13-14-27(34)33(28)22-17-25(37-2)29(39-4)26(18-22)38-3/h5-12,17-18,24,28H,13-16H2,1-4H3,(H,32,35)/t24-,28-/m1/s1. The first-order chi connectivity index (χ1) is 18.9. The van der Waals surface area contributed by atoms with Crippen molar-refractivity contribution in [1.29, 1.82) is 0 Å². The van der Waals surface area contributed by atoms with Crippen LogP contribution in [-0.2, 0) is 16.0 Å². The Morgan fingerprint density at radius 2 is 1.56 bits per heavy atom. The third-order valence-electron chi connectivity index (χ3n) is 6.95. The zero-order valence-corrected chi connectivity index (χ0v) is 23.3. The van der Waals surface area contributed by atoms with E-state index in [1.807, 2.05) is 48.5 Å². The lowest BCUT2D eigenvalue weighted by atomic mass is 9.83. The van der Waals surface area contributed by atoms with Gasteiger partial charge in [-0.05, 0) is 48.2 Å². The summed E-state index contributed by atoms with van der Waals surface area (Å²) >= 11 is 5.99. The highest BCUT2D eigenvalue weighted by molar-refractivity contribution is 6.30. The van der Waals surface area contributed by atoms with Gasteiger partial charge in [-0.15, -0.1) is 0 Å². The summed E-state index contributed by atoms with van der Waals surface area (Å²) in [5, 5.41) is 3.75. The first-order valence-corrected chi connectivity index (χ1v) is 13.1. The molecule has 1 aliphatic rings. The Hall–Kier alpha value is -3.91. The smallest absolute Gasteiger partial charge is 0.227 e. The van der Waals surface area contributed by atoms with Gasteiger partial charge in [0.1, 0.15) is 5.75 Å². The molecule has 206 valence electrons. The van der Waals surface area contributed by atoms with Gasteiger partial charge in [0.15, 0.2) is 11.5 Å². The molecule has 1 fully saturated rings. The van der Waals surface area contributed by atoms with E-state index in [1.54, 1.807) is 24.1 Å². The molecule has 0 spiro atoms. The number of nitrogens with zero attached hydrogens (tertiary/aromatic N) is 1. The predicted molar refractivity (Wildman–Crippen MR) is 150 cm³/mol. The van der Waals surface area contributed by atoms with Crippen LogP contribution in [0.5, 0.6) is 23.0 Å². The van der Waals surface area contributed by atoms with E-state index in [4.69, 9.17) is 30.5 Å². The zero-order valence-electron chi connectivity index (χ0n) is 22.5. The fourth-order valence-electron chi connectivity index (χ4n) is 4.97. The molecule has 2 atom stereocenters. The van der Waals surface area contributed by atoms with Crippen molar-refractivity contribution < 1.29 is 28.5 Å². The van der Waals surface area contributed by atoms with Crippen LogP contribution < -0.4 is 29.2 Å². The summed E-state index contributed by atoms with van der Waals surface area (Å²) in [6, 6.07) is 17.9. The van der Waals surface area contributed by atoms with Crippen LogP contribution in [-0.4, -0.2) is 46.8 Å². The second kappa shape index (κ2) is 12.8. The summed E-state index contributed by atoms with van der Waals surface area (Å²) in [7, 11) is 6.17. The maximum atomic E-state index is 13.6. The number of carbonyl (C=O) groups excluding carboxylic acids is 2. The summed E-state index contributed by atoms with van der Waals surface area (Å²) in [5.41, 5.74) is 2.44. The zero-order chi connectivity index (χ0) is 27.9. The minimum atomic E-state index is -0.560. The molecule has 1 saturated heterocycles. The number of amides is 2. The van der Waals surface area contributed by atoms with E-state index >= 15 is 0 Å². The van der Waals surface area contributed by atoms with Crippen molar-refractivity contribution in [3.63, 3.8) is 0 Å². The van der Waals surface area contributed by atoms with Crippen LogP contribution in [0.1, 0.15) is 30.0 Å². The van der Waals surface area contributed by atoms with Crippen molar-refractivity contribution >= 4 is 29.1 Å². The lowest BCUT2D eigenvalue weighted by Gasteiger charge is -2.41. The Labute approximate surface area is 233 Å². The van der Waals surface area contributed by atoms with Gasteiger partial charge in [0, 0.05) is 30.1 Å². The number of hydrogen-bond acceptors (Lipinski definition) is 6. The lowest BCUT2D eigenvalue weighted by molar-refractivity contribution is -0.129. The summed E-state index contributed by atoms with van der Waals surface area (Å²) < 4.78 is 21.9. The average molecular weight is 553 g/mol. The number of nitrogens with one attached hydrogen (secondary N) is 1. The molecule has 3 aromatic rings. The molecule has 0 aliphatic carbocycles. The number of carbonyl (C=O) groups is 2. The van der Waals surface area contributed by atoms with Crippen LogP contribution in [0.4, 0.5) is 5.69 Å². The Morgan fingerprint density at radius 3 is 2.13 bits per heavy atom. The topological polar surface area (TPSA) is 86.3 Å². The first kappa shape index (κ1) is 28.1. The molecule has 0 aromatic heterocycles. The second-order valence-corrected chi connectivity index (χ2v) is 9.61. The quantitative estimate of drug-likeness (QED) is 0.371. The molecule has 9 heteroatoms. The van der Waals surface area contributed by atoms with Crippen LogP contribution in [0.15, 0.2) is 60.7 Å². The van der Waals surface area contributed by atoms with Gasteiger partial charge in [-0.25, -0.2) is 0 Å². The third-order valence-corrected chi connectivity index (χ3v) is 7.20. The van der Waals surface area contributed by atoms with Gasteiger partial charge in [-0.2, -0.15) is 0 Å². The maximum absolute atomic E-state index is 13.6. The van der Waals surface area contributed by atoms with Crippen LogP contribution in [0.3, 0.4) is 0 Å². The van der Waals surface area contributed by atoms with E-state index in [0.717, 1.165) is 11.1 Å². The molecule has 39 heavy (non-hydrogen) atoms. The van der Waals surface area contributed by atoms with Crippen LogP contribution in [0.25, 0.3) is 0 Å². The molecule has 0 bridgehead atoms. The third kappa shape index (κ3) is 6.23. The van der Waals surface area contributed by atoms with Gasteiger partial charge in [0.2, 0.25) is 17.6 Å². The molecule has 1 heterocycles. The largest absolute Gasteiger partial charge is 0.497 e. The minimum Gasteiger partial charge on any atom is -0.497 e. The van der Waals surface area contributed by atoms with Crippen LogP contribution in [0.2, 0.25) is 5.02 Å². The molecule has 1 aliphatic heterocycles. The minimum absolute atomic E-state index is 0.102. The van der Waals surface area contributed by atoms with Gasteiger partial charge in [-0.3, -0.25) is 9.59 Å². The summed E-state index contributed by atoms with van der Waals surface area (Å²) in [5.74, 6) is 1.24. The fourth-order valence-corrected chi connectivity index (χ4v) is 5.10. The number of anilines is 1. The Kier molecular flexibility index (Phi) is 9.19. The predicted octanol–water partition coefficient (Wildman–Crippen LogP) is 5.22. The number of hydrogen-bond donors (Lipinski definition) is 1. The Balaban J connectivity index is 1.69. The van der Waals surface area contributed by atoms with E-state index in [2.05, 4.69) is 5.32 Å². The van der Waals surface area contributed by atoms with E-state index in [1.165, 1.54) is 21.3 Å². The molecule has 0 saturated carbocycles. The molecule has 1 N–H and O–H groups in total. The van der Waals surface area contributed by atoms with Crippen LogP contribution >= 0.6 is 11.6 Å². The van der Waals surface area contributed by atoms with E-state index in [0.29, 0.717) is 53.1 Å². The molecule has 8 nitrogen and oxygen atoms in total. The normalized spacial score (nSPS) is 16.9. The van der Waals surface area contributed by atoms with Gasteiger partial charge < -0.3 is 29.2 Å². The van der Waals surface area contributed by atoms with Gasteiger partial charge in [0.25, 0.3) is 0 Å². The molecular formula is C30H33ClN2O6. The summed E-state index contributed by atoms with van der Waals surface area (Å²) in [4.78, 5) is 28.8. The van der Waals surface area contributed by atoms with Gasteiger partial charge in [0.05, 0.1) is 46.1 Å². The van der Waals surface area contributed by atoms with Crippen molar-refractivity contribution in [1.82, 2.24) is 5.32 Å². The lowest BCUT2D eigenvalue weighted by Crippen LogP contribution is -2.48. The van der Waals surface area contributed by atoms with Crippen molar-refractivity contribution in [3.8, 4) is 23.0 Å². The van der Waals surface area contributed by atoms with Crippen molar-refractivity contribution in [2.45, 2.75) is 25.3 Å². The maximum Gasteiger partial charge on any atom is 0.227 e. The molecule has 4 rings (SSSR count). The van der Waals surface area contributed by atoms with Crippen molar-refractivity contribution in [2.75, 3.05) is 39.9 Å². The highest BCUT2D eigenvalue weighted by Gasteiger charge is 2.42. The summed E-state index contributed by atoms with van der Waals surface area (Å²) in [6.07, 6.45) is 1.31. The second-order valence-electron chi connectivity index (χ2n) is 9.18. The highest BCUT2D eigenvalue weighted by Crippen LogP contribution is 2.46. The first-order valence-electron chi connectivity index (χ1n) is 12.7. The number of benzene rings is 3. The Bertz CT molecular complexity index is 1270. The molecule has 2 amide bonds. The molecule has 3 aromatic carbocycles. The molecule has 0 unspecified atom stereocenters. The number of piperidine rings is 1. The fraction of sp³-hybridized carbons (Fsp3) is 0.333.